The minimum Gasteiger partial charge on any atom is -0.490 e. The monoisotopic (exact) mass is 219 g/mol. The van der Waals surface area contributed by atoms with Crippen LogP contribution in [0.2, 0.25) is 0 Å². The van der Waals surface area contributed by atoms with Gasteiger partial charge in [-0.15, -0.1) is 0 Å². The molecule has 0 aliphatic carbocycles. The summed E-state index contributed by atoms with van der Waals surface area (Å²) in [5.74, 6) is 0.914. The van der Waals surface area contributed by atoms with Crippen molar-refractivity contribution in [2.24, 2.45) is 5.73 Å². The summed E-state index contributed by atoms with van der Waals surface area (Å²) in [5.41, 5.74) is 8.07. The Bertz CT molecular complexity index is 367. The molecule has 0 aliphatic heterocycles. The van der Waals surface area contributed by atoms with Crippen molar-refractivity contribution in [1.82, 2.24) is 0 Å². The molecular formula is C14H21NO. The van der Waals surface area contributed by atoms with Crippen LogP contribution in [0.15, 0.2) is 29.8 Å². The Morgan fingerprint density at radius 3 is 2.44 bits per heavy atom. The topological polar surface area (TPSA) is 35.2 Å². The van der Waals surface area contributed by atoms with E-state index in [1.54, 1.807) is 0 Å². The lowest BCUT2D eigenvalue weighted by molar-refractivity contribution is 0.242. The molecule has 0 aromatic heterocycles. The van der Waals surface area contributed by atoms with Gasteiger partial charge in [0.1, 0.15) is 5.75 Å². The quantitative estimate of drug-likeness (QED) is 0.843. The molecule has 0 bridgehead atoms. The number of hydrogen-bond donors (Lipinski definition) is 1. The molecule has 0 fully saturated rings. The van der Waals surface area contributed by atoms with E-state index in [-0.39, 0.29) is 12.1 Å². The molecule has 2 N–H and O–H groups in total. The third-order valence-electron chi connectivity index (χ3n) is 2.38. The first-order valence-electron chi connectivity index (χ1n) is 5.70. The van der Waals surface area contributed by atoms with Crippen molar-refractivity contribution >= 4 is 6.08 Å². The number of hydrogen-bond acceptors (Lipinski definition) is 2. The van der Waals surface area contributed by atoms with E-state index in [0.29, 0.717) is 0 Å². The number of para-hydroxylation sites is 1. The molecule has 1 unspecified atom stereocenters. The zero-order valence-corrected chi connectivity index (χ0v) is 10.5. The van der Waals surface area contributed by atoms with Crippen molar-refractivity contribution in [3.8, 4) is 5.75 Å². The number of ether oxygens (including phenoxy) is 1. The van der Waals surface area contributed by atoms with Gasteiger partial charge in [-0.25, -0.2) is 0 Å². The Labute approximate surface area is 98.1 Å². The fourth-order valence-corrected chi connectivity index (χ4v) is 1.34. The van der Waals surface area contributed by atoms with Gasteiger partial charge in [0.25, 0.3) is 0 Å². The molecule has 1 rings (SSSR count). The summed E-state index contributed by atoms with van der Waals surface area (Å²) >= 11 is 0. The van der Waals surface area contributed by atoms with E-state index in [0.717, 1.165) is 16.9 Å². The smallest absolute Gasteiger partial charge is 0.126 e. The van der Waals surface area contributed by atoms with Crippen LogP contribution >= 0.6 is 0 Å². The summed E-state index contributed by atoms with van der Waals surface area (Å²) in [5, 5.41) is 0. The summed E-state index contributed by atoms with van der Waals surface area (Å²) in [6.45, 7) is 8.08. The Hall–Kier alpha value is -1.28. The van der Waals surface area contributed by atoms with E-state index < -0.39 is 0 Å². The van der Waals surface area contributed by atoms with Crippen LogP contribution in [0.1, 0.15) is 33.3 Å². The molecule has 0 aliphatic rings. The number of nitrogens with two attached hydrogens (primary N) is 1. The molecule has 0 heterocycles. The molecule has 1 atom stereocenters. The Kier molecular flexibility index (Phi) is 4.56. The SMILES string of the molecule is C/C(=C/c1ccccc1OC(C)C)C(C)N. The number of rotatable bonds is 4. The first-order valence-corrected chi connectivity index (χ1v) is 5.70. The molecule has 0 radical (unpaired) electrons. The van der Waals surface area contributed by atoms with Crippen LogP contribution in [0, 0.1) is 0 Å². The lowest BCUT2D eigenvalue weighted by Gasteiger charge is -2.13. The predicted molar refractivity (Wildman–Crippen MR) is 69.5 cm³/mol. The number of benzene rings is 1. The second-order valence-electron chi connectivity index (χ2n) is 4.38. The molecule has 0 saturated carbocycles. The maximum atomic E-state index is 5.83. The van der Waals surface area contributed by atoms with Crippen molar-refractivity contribution < 1.29 is 4.74 Å². The van der Waals surface area contributed by atoms with Crippen LogP contribution in [0.25, 0.3) is 6.08 Å². The van der Waals surface area contributed by atoms with Gasteiger partial charge < -0.3 is 10.5 Å². The second-order valence-corrected chi connectivity index (χ2v) is 4.38. The van der Waals surface area contributed by atoms with Gasteiger partial charge in [-0.05, 0) is 33.8 Å². The van der Waals surface area contributed by atoms with E-state index in [4.69, 9.17) is 10.5 Å². The van der Waals surface area contributed by atoms with Gasteiger partial charge in [-0.3, -0.25) is 0 Å². The average molecular weight is 219 g/mol. The molecule has 1 aromatic carbocycles. The van der Waals surface area contributed by atoms with E-state index >= 15 is 0 Å². The molecule has 16 heavy (non-hydrogen) atoms. The summed E-state index contributed by atoms with van der Waals surface area (Å²) in [6.07, 6.45) is 2.27. The van der Waals surface area contributed by atoms with Gasteiger partial charge in [0, 0.05) is 11.6 Å². The van der Waals surface area contributed by atoms with Crippen LogP contribution < -0.4 is 10.5 Å². The summed E-state index contributed by atoms with van der Waals surface area (Å²) < 4.78 is 5.74. The van der Waals surface area contributed by atoms with Gasteiger partial charge in [-0.2, -0.15) is 0 Å². The highest BCUT2D eigenvalue weighted by molar-refractivity contribution is 5.60. The minimum atomic E-state index is 0.0760. The predicted octanol–water partition coefficient (Wildman–Crippen LogP) is 3.22. The van der Waals surface area contributed by atoms with Crippen LogP contribution in [0.5, 0.6) is 5.75 Å². The first-order chi connectivity index (χ1) is 7.50. The molecule has 0 saturated heterocycles. The van der Waals surface area contributed by atoms with Gasteiger partial charge in [0.05, 0.1) is 6.10 Å². The van der Waals surface area contributed by atoms with Gasteiger partial charge in [0.2, 0.25) is 0 Å². The van der Waals surface area contributed by atoms with Crippen molar-refractivity contribution in [3.63, 3.8) is 0 Å². The zero-order chi connectivity index (χ0) is 12.1. The van der Waals surface area contributed by atoms with Crippen molar-refractivity contribution in [3.05, 3.63) is 35.4 Å². The van der Waals surface area contributed by atoms with E-state index in [1.807, 2.05) is 52.0 Å². The lowest BCUT2D eigenvalue weighted by atomic mass is 10.1. The molecule has 2 heteroatoms. The van der Waals surface area contributed by atoms with Crippen molar-refractivity contribution in [1.29, 1.82) is 0 Å². The van der Waals surface area contributed by atoms with Crippen molar-refractivity contribution in [2.75, 3.05) is 0 Å². The van der Waals surface area contributed by atoms with Crippen LogP contribution in [0.3, 0.4) is 0 Å². The standard InChI is InChI=1S/C14H21NO/c1-10(2)16-14-8-6-5-7-13(14)9-11(3)12(4)15/h5-10,12H,15H2,1-4H3/b11-9-. The third kappa shape index (κ3) is 3.70. The Morgan fingerprint density at radius 1 is 1.25 bits per heavy atom. The average Bonchev–Trinajstić information content (AvgIpc) is 2.20. The van der Waals surface area contributed by atoms with E-state index in [2.05, 4.69) is 6.08 Å². The Balaban J connectivity index is 2.99. The molecule has 0 amide bonds. The maximum Gasteiger partial charge on any atom is 0.126 e. The van der Waals surface area contributed by atoms with E-state index in [9.17, 15) is 0 Å². The summed E-state index contributed by atoms with van der Waals surface area (Å²) in [7, 11) is 0. The van der Waals surface area contributed by atoms with Crippen LogP contribution in [-0.4, -0.2) is 12.1 Å². The Morgan fingerprint density at radius 2 is 1.88 bits per heavy atom. The minimum absolute atomic E-state index is 0.0760. The molecule has 2 nitrogen and oxygen atoms in total. The van der Waals surface area contributed by atoms with Gasteiger partial charge >= 0.3 is 0 Å². The van der Waals surface area contributed by atoms with Crippen LogP contribution in [0.4, 0.5) is 0 Å². The highest BCUT2D eigenvalue weighted by Gasteiger charge is 2.04. The molecule has 1 aromatic rings. The second kappa shape index (κ2) is 5.71. The highest BCUT2D eigenvalue weighted by atomic mass is 16.5. The highest BCUT2D eigenvalue weighted by Crippen LogP contribution is 2.22. The molecule has 88 valence electrons. The zero-order valence-electron chi connectivity index (χ0n) is 10.5. The summed E-state index contributed by atoms with van der Waals surface area (Å²) in [6, 6.07) is 8.10. The normalized spacial score (nSPS) is 14.0. The van der Waals surface area contributed by atoms with E-state index in [1.165, 1.54) is 0 Å². The largest absolute Gasteiger partial charge is 0.490 e. The summed E-state index contributed by atoms with van der Waals surface area (Å²) in [4.78, 5) is 0. The first kappa shape index (κ1) is 12.8. The fourth-order valence-electron chi connectivity index (χ4n) is 1.34. The lowest BCUT2D eigenvalue weighted by Crippen LogP contribution is -2.15. The van der Waals surface area contributed by atoms with Gasteiger partial charge in [0.15, 0.2) is 0 Å². The fraction of sp³-hybridized carbons (Fsp3) is 0.429. The molecular weight excluding hydrogens is 198 g/mol. The van der Waals surface area contributed by atoms with Crippen molar-refractivity contribution in [2.45, 2.75) is 39.8 Å². The molecule has 0 spiro atoms. The maximum absolute atomic E-state index is 5.83. The third-order valence-corrected chi connectivity index (χ3v) is 2.38. The van der Waals surface area contributed by atoms with Gasteiger partial charge in [-0.1, -0.05) is 29.8 Å². The van der Waals surface area contributed by atoms with Crippen LogP contribution in [-0.2, 0) is 0 Å².